The number of rotatable bonds is 2. The van der Waals surface area contributed by atoms with Crippen molar-refractivity contribution in [2.24, 2.45) is 5.92 Å². The van der Waals surface area contributed by atoms with Crippen molar-refractivity contribution >= 4 is 11.6 Å². The lowest BCUT2D eigenvalue weighted by Crippen LogP contribution is -2.63. The van der Waals surface area contributed by atoms with Crippen LogP contribution in [0.3, 0.4) is 0 Å². The molecule has 2 aliphatic carbocycles. The molecule has 0 spiro atoms. The van der Waals surface area contributed by atoms with Crippen LogP contribution in [0.4, 0.5) is 0 Å². The summed E-state index contributed by atoms with van der Waals surface area (Å²) >= 11 is 0. The molecule has 5 nitrogen and oxygen atoms in total. The first-order chi connectivity index (χ1) is 11.9. The van der Waals surface area contributed by atoms with Gasteiger partial charge in [0.1, 0.15) is 11.9 Å². The summed E-state index contributed by atoms with van der Waals surface area (Å²) in [6.07, 6.45) is 2.39. The molecule has 1 heterocycles. The number of ether oxygens (including phenoxy) is 1. The molecule has 0 amide bonds. The van der Waals surface area contributed by atoms with Gasteiger partial charge in [-0.2, -0.15) is 0 Å². The number of hydrogen-bond donors (Lipinski definition) is 1. The Hall–Kier alpha value is -1.72. The van der Waals surface area contributed by atoms with Gasteiger partial charge in [0.15, 0.2) is 11.6 Å². The summed E-state index contributed by atoms with van der Waals surface area (Å²) in [6, 6.07) is 4.05. The maximum Gasteiger partial charge on any atom is 0.163 e. The van der Waals surface area contributed by atoms with E-state index in [1.807, 2.05) is 6.07 Å². The summed E-state index contributed by atoms with van der Waals surface area (Å²) < 4.78 is 5.45. The molecule has 0 aromatic heterocycles. The molecule has 4 atom stereocenters. The van der Waals surface area contributed by atoms with Gasteiger partial charge >= 0.3 is 0 Å². The number of piperidine rings is 1. The summed E-state index contributed by atoms with van der Waals surface area (Å²) in [5.74, 6) is 0.332. The number of Topliss-reactive ketones (excluding diaryl/α,β-unsaturated/α-hetero) is 2. The zero-order valence-electron chi connectivity index (χ0n) is 15.0. The van der Waals surface area contributed by atoms with E-state index in [1.54, 1.807) is 13.2 Å². The highest BCUT2D eigenvalue weighted by Crippen LogP contribution is 2.57. The average molecular weight is 343 g/mol. The van der Waals surface area contributed by atoms with Crippen LogP contribution in [-0.4, -0.2) is 54.4 Å². The Bertz CT molecular complexity index is 758. The Morgan fingerprint density at radius 2 is 2.16 bits per heavy atom. The lowest BCUT2D eigenvalue weighted by atomic mass is 9.51. The van der Waals surface area contributed by atoms with Crippen LogP contribution in [0.15, 0.2) is 12.1 Å². The largest absolute Gasteiger partial charge is 0.507 e. The highest BCUT2D eigenvalue weighted by atomic mass is 16.5. The third-order valence-corrected chi connectivity index (χ3v) is 6.82. The van der Waals surface area contributed by atoms with E-state index in [9.17, 15) is 14.7 Å². The molecule has 2 fully saturated rings. The second kappa shape index (κ2) is 5.64. The Morgan fingerprint density at radius 3 is 2.84 bits per heavy atom. The molecule has 1 aromatic carbocycles. The van der Waals surface area contributed by atoms with Crippen molar-refractivity contribution in [3.05, 3.63) is 28.8 Å². The third-order valence-electron chi connectivity index (χ3n) is 6.82. The van der Waals surface area contributed by atoms with E-state index >= 15 is 0 Å². The number of methoxy groups -OCH3 is 1. The van der Waals surface area contributed by atoms with E-state index in [1.165, 1.54) is 6.92 Å². The standard InChI is InChI=1S/C20H25NO4/c1-11(22)13-5-4-12-8-15-14-9-17(25-3)16(23)10-20(14,6-7-21(15)2)18(12)19(13)24/h4-5,14-15,17,24H,6-10H2,1-3H3/t14-,15+,17?,20-/m0/s1. The number of ketones is 2. The smallest absolute Gasteiger partial charge is 0.163 e. The highest BCUT2D eigenvalue weighted by Gasteiger charge is 2.58. The number of carbonyl (C=O) groups excluding carboxylic acids is 2. The van der Waals surface area contributed by atoms with Crippen LogP contribution in [-0.2, 0) is 21.4 Å². The Morgan fingerprint density at radius 1 is 1.40 bits per heavy atom. The molecule has 2 bridgehead atoms. The lowest BCUT2D eigenvalue weighted by Gasteiger charge is -2.58. The molecule has 0 radical (unpaired) electrons. The number of nitrogens with zero attached hydrogens (tertiary/aromatic N) is 1. The number of benzene rings is 1. The summed E-state index contributed by atoms with van der Waals surface area (Å²) in [6.45, 7) is 2.37. The van der Waals surface area contributed by atoms with Crippen LogP contribution in [0, 0.1) is 5.92 Å². The van der Waals surface area contributed by atoms with Gasteiger partial charge in [0.05, 0.1) is 5.56 Å². The van der Waals surface area contributed by atoms with Gasteiger partial charge < -0.3 is 14.7 Å². The predicted octanol–water partition coefficient (Wildman–Crippen LogP) is 2.09. The molecule has 1 unspecified atom stereocenters. The van der Waals surface area contributed by atoms with Gasteiger partial charge in [0.2, 0.25) is 0 Å². The number of hydrogen-bond acceptors (Lipinski definition) is 5. The number of phenols is 1. The van der Waals surface area contributed by atoms with Crippen LogP contribution < -0.4 is 0 Å². The molecule has 134 valence electrons. The number of likely N-dealkylation sites (N-methyl/N-ethyl adjacent to an activating group) is 1. The molecule has 3 aliphatic rings. The maximum atomic E-state index is 12.7. The average Bonchev–Trinajstić information content (AvgIpc) is 2.57. The highest BCUT2D eigenvalue weighted by molar-refractivity contribution is 5.97. The summed E-state index contributed by atoms with van der Waals surface area (Å²) in [5.41, 5.74) is 1.94. The fourth-order valence-corrected chi connectivity index (χ4v) is 5.58. The molecule has 1 aromatic rings. The fraction of sp³-hybridized carbons (Fsp3) is 0.600. The van der Waals surface area contributed by atoms with E-state index in [4.69, 9.17) is 4.74 Å². The van der Waals surface area contributed by atoms with E-state index in [0.29, 0.717) is 24.4 Å². The normalized spacial score (nSPS) is 34.4. The molecule has 1 N–H and O–H groups in total. The third kappa shape index (κ3) is 2.22. The molecular formula is C20H25NO4. The van der Waals surface area contributed by atoms with Gasteiger partial charge in [-0.25, -0.2) is 0 Å². The first-order valence-corrected chi connectivity index (χ1v) is 9.01. The van der Waals surface area contributed by atoms with Crippen molar-refractivity contribution in [2.75, 3.05) is 20.7 Å². The molecule has 5 heteroatoms. The quantitative estimate of drug-likeness (QED) is 0.833. The molecule has 1 aliphatic heterocycles. The number of likely N-dealkylation sites (tertiary alicyclic amines) is 1. The summed E-state index contributed by atoms with van der Waals surface area (Å²) in [5, 5.41) is 10.9. The number of aromatic hydroxyl groups is 1. The number of fused-ring (bicyclic) bond motifs is 1. The van der Waals surface area contributed by atoms with Gasteiger partial charge in [-0.05, 0) is 57.3 Å². The minimum absolute atomic E-state index is 0.0988. The monoisotopic (exact) mass is 343 g/mol. The van der Waals surface area contributed by atoms with Crippen LogP contribution in [0.25, 0.3) is 0 Å². The second-order valence-corrected chi connectivity index (χ2v) is 7.92. The SMILES string of the molecule is COC1C[C@H]2[C@H]3Cc4ccc(C(C)=O)c(O)c4[C@@]2(CCN3C)CC1=O. The molecule has 4 rings (SSSR count). The van der Waals surface area contributed by atoms with Gasteiger partial charge in [0, 0.05) is 30.6 Å². The first-order valence-electron chi connectivity index (χ1n) is 9.01. The zero-order valence-corrected chi connectivity index (χ0v) is 15.0. The van der Waals surface area contributed by atoms with Crippen LogP contribution in [0.2, 0.25) is 0 Å². The minimum atomic E-state index is -0.369. The Balaban J connectivity index is 1.93. The van der Waals surface area contributed by atoms with Gasteiger partial charge in [-0.15, -0.1) is 0 Å². The maximum absolute atomic E-state index is 12.7. The van der Waals surface area contributed by atoms with Gasteiger partial charge in [0.25, 0.3) is 0 Å². The zero-order chi connectivity index (χ0) is 17.9. The van der Waals surface area contributed by atoms with E-state index < -0.39 is 0 Å². The molecular weight excluding hydrogens is 318 g/mol. The van der Waals surface area contributed by atoms with E-state index in [0.717, 1.165) is 30.5 Å². The van der Waals surface area contributed by atoms with Crippen molar-refractivity contribution in [1.82, 2.24) is 4.90 Å². The van der Waals surface area contributed by atoms with Crippen molar-refractivity contribution in [3.63, 3.8) is 0 Å². The predicted molar refractivity (Wildman–Crippen MR) is 93.1 cm³/mol. The molecule has 1 saturated carbocycles. The summed E-state index contributed by atoms with van der Waals surface area (Å²) in [4.78, 5) is 27.0. The Labute approximate surface area is 148 Å². The molecule has 1 saturated heterocycles. The number of phenolic OH excluding ortho intramolecular Hbond substituents is 1. The minimum Gasteiger partial charge on any atom is -0.507 e. The van der Waals surface area contributed by atoms with E-state index in [-0.39, 0.29) is 34.8 Å². The number of carbonyl (C=O) groups is 2. The fourth-order valence-electron chi connectivity index (χ4n) is 5.58. The van der Waals surface area contributed by atoms with Gasteiger partial charge in [-0.1, -0.05) is 6.07 Å². The van der Waals surface area contributed by atoms with Gasteiger partial charge in [-0.3, -0.25) is 9.59 Å². The summed E-state index contributed by atoms with van der Waals surface area (Å²) in [7, 11) is 3.74. The van der Waals surface area contributed by atoms with Crippen LogP contribution in [0.5, 0.6) is 5.75 Å². The molecule has 25 heavy (non-hydrogen) atoms. The van der Waals surface area contributed by atoms with Crippen molar-refractivity contribution in [1.29, 1.82) is 0 Å². The Kier molecular flexibility index (Phi) is 3.78. The van der Waals surface area contributed by atoms with Crippen LogP contribution in [0.1, 0.15) is 47.7 Å². The van der Waals surface area contributed by atoms with Crippen molar-refractivity contribution in [2.45, 2.75) is 50.2 Å². The van der Waals surface area contributed by atoms with Crippen molar-refractivity contribution < 1.29 is 19.4 Å². The topological polar surface area (TPSA) is 66.8 Å². The second-order valence-electron chi connectivity index (χ2n) is 7.92. The van der Waals surface area contributed by atoms with Crippen LogP contribution >= 0.6 is 0 Å². The lowest BCUT2D eigenvalue weighted by molar-refractivity contribution is -0.141. The van der Waals surface area contributed by atoms with Crippen molar-refractivity contribution in [3.8, 4) is 5.75 Å². The first kappa shape index (κ1) is 16.7. The van der Waals surface area contributed by atoms with E-state index in [2.05, 4.69) is 11.9 Å².